The second-order valence-corrected chi connectivity index (χ2v) is 8.04. The van der Waals surface area contributed by atoms with Crippen molar-refractivity contribution in [2.24, 2.45) is 0 Å². The summed E-state index contributed by atoms with van der Waals surface area (Å²) in [5.74, 6) is -0.613. The van der Waals surface area contributed by atoms with Crippen molar-refractivity contribution in [1.29, 1.82) is 0 Å². The van der Waals surface area contributed by atoms with Crippen molar-refractivity contribution in [2.45, 2.75) is 13.8 Å². The molecule has 29 heavy (non-hydrogen) atoms. The van der Waals surface area contributed by atoms with Gasteiger partial charge < -0.3 is 9.80 Å². The minimum absolute atomic E-state index is 0.302. The number of rotatable bonds is 3. The number of hydrogen-bond acceptors (Lipinski definition) is 3. The number of aryl methyl sites for hydroxylation is 1. The molecule has 1 N–H and O–H groups in total. The number of halogens is 1. The van der Waals surface area contributed by atoms with E-state index in [2.05, 4.69) is 11.8 Å². The molecule has 4 rings (SSSR count). The Kier molecular flexibility index (Phi) is 5.43. The summed E-state index contributed by atoms with van der Waals surface area (Å²) in [4.78, 5) is 31.8. The van der Waals surface area contributed by atoms with Crippen molar-refractivity contribution in [1.82, 2.24) is 4.90 Å². The minimum atomic E-state index is -0.312. The number of anilines is 1. The molecule has 0 saturated carbocycles. The zero-order valence-electron chi connectivity index (χ0n) is 16.7. The van der Waals surface area contributed by atoms with Gasteiger partial charge >= 0.3 is 0 Å². The smallest absolute Gasteiger partial charge is 0.267 e. The third kappa shape index (κ3) is 3.68. The second kappa shape index (κ2) is 8.01. The maximum atomic E-state index is 13.5. The first-order valence-electron chi connectivity index (χ1n) is 10.0. The molecule has 6 heteroatoms. The fourth-order valence-corrected chi connectivity index (χ4v) is 4.19. The molecule has 0 spiro atoms. The fraction of sp³-hybridized carbons (Fsp3) is 0.304. The van der Waals surface area contributed by atoms with Crippen LogP contribution in [0.1, 0.15) is 28.4 Å². The van der Waals surface area contributed by atoms with Gasteiger partial charge in [0.1, 0.15) is 0 Å². The van der Waals surface area contributed by atoms with Crippen molar-refractivity contribution in [3.8, 4) is 0 Å². The Bertz CT molecular complexity index is 993. The van der Waals surface area contributed by atoms with E-state index in [4.69, 9.17) is 11.6 Å². The Balaban J connectivity index is 1.78. The van der Waals surface area contributed by atoms with E-state index in [-0.39, 0.29) is 11.8 Å². The normalized spacial score (nSPS) is 19.1. The Hall–Kier alpha value is -2.63. The van der Waals surface area contributed by atoms with Gasteiger partial charge in [0.15, 0.2) is 0 Å². The number of carbonyl (C=O) groups excluding carboxylic acids is 2. The van der Waals surface area contributed by atoms with Gasteiger partial charge in [0, 0.05) is 22.3 Å². The van der Waals surface area contributed by atoms with Gasteiger partial charge in [0.2, 0.25) is 0 Å². The summed E-state index contributed by atoms with van der Waals surface area (Å²) in [6.45, 7) is 9.07. The van der Waals surface area contributed by atoms with Gasteiger partial charge in [-0.1, -0.05) is 35.9 Å². The topological polar surface area (TPSA) is 45.1 Å². The largest absolute Gasteiger partial charge is 0.365 e. The highest BCUT2D eigenvalue weighted by molar-refractivity contribution is 6.41. The number of amides is 2. The zero-order valence-corrected chi connectivity index (χ0v) is 17.5. The van der Waals surface area contributed by atoms with Crippen molar-refractivity contribution < 1.29 is 14.5 Å². The number of fused-ring (bicyclic) bond motifs is 1. The van der Waals surface area contributed by atoms with Gasteiger partial charge in [-0.2, -0.15) is 0 Å². The molecule has 1 saturated heterocycles. The number of imide groups is 1. The summed E-state index contributed by atoms with van der Waals surface area (Å²) in [6, 6.07) is 12.6. The summed E-state index contributed by atoms with van der Waals surface area (Å²) in [6.07, 6.45) is 1.94. The van der Waals surface area contributed by atoms with E-state index in [0.29, 0.717) is 27.4 Å². The molecule has 2 heterocycles. The van der Waals surface area contributed by atoms with E-state index in [1.165, 1.54) is 4.90 Å². The van der Waals surface area contributed by atoms with E-state index < -0.39 is 0 Å². The number of quaternary nitrogens is 1. The molecule has 0 aromatic heterocycles. The molecule has 2 aromatic rings. The summed E-state index contributed by atoms with van der Waals surface area (Å²) in [7, 11) is 0. The molecule has 2 aliphatic heterocycles. The first-order chi connectivity index (χ1) is 14.0. The van der Waals surface area contributed by atoms with E-state index in [0.717, 1.165) is 38.3 Å². The third-order valence-electron chi connectivity index (χ3n) is 5.81. The lowest BCUT2D eigenvalue weighted by Crippen LogP contribution is -3.14. The lowest BCUT2D eigenvalue weighted by atomic mass is 9.93. The zero-order chi connectivity index (χ0) is 20.5. The van der Waals surface area contributed by atoms with Gasteiger partial charge in [-0.25, -0.2) is 4.90 Å². The molecule has 2 aromatic carbocycles. The van der Waals surface area contributed by atoms with Gasteiger partial charge in [0.05, 0.1) is 44.0 Å². The predicted molar refractivity (Wildman–Crippen MR) is 115 cm³/mol. The molecule has 2 amide bonds. The summed E-state index contributed by atoms with van der Waals surface area (Å²) >= 11 is 6.18. The third-order valence-corrected chi connectivity index (χ3v) is 6.05. The van der Waals surface area contributed by atoms with Crippen molar-refractivity contribution in [2.75, 3.05) is 37.6 Å². The highest BCUT2D eigenvalue weighted by atomic mass is 35.5. The standard InChI is InChI=1S/C23H24ClN3O2/c1-3-25-10-12-26(13-11-25)15-20-18-6-4-5-7-19(18)22(28)27(23(20)29)21-14-17(24)9-8-16(21)2/h4-9,14-15H,3,10-13H2,1-2H3/p+1. The maximum Gasteiger partial charge on any atom is 0.267 e. The van der Waals surface area contributed by atoms with Crippen LogP contribution in [0.25, 0.3) is 5.57 Å². The van der Waals surface area contributed by atoms with Gasteiger partial charge in [-0.15, -0.1) is 0 Å². The molecule has 150 valence electrons. The van der Waals surface area contributed by atoms with Gasteiger partial charge in [0.25, 0.3) is 11.8 Å². The number of nitrogens with one attached hydrogen (secondary N) is 1. The Labute approximate surface area is 176 Å². The Morgan fingerprint density at radius 2 is 1.72 bits per heavy atom. The fourth-order valence-electron chi connectivity index (χ4n) is 4.03. The molecule has 0 bridgehead atoms. The van der Waals surface area contributed by atoms with E-state index in [9.17, 15) is 9.59 Å². The molecule has 0 aliphatic carbocycles. The molecular weight excluding hydrogens is 386 g/mol. The number of hydrogen-bond donors (Lipinski definition) is 1. The van der Waals surface area contributed by atoms with Crippen LogP contribution >= 0.6 is 11.6 Å². The molecule has 1 fully saturated rings. The minimum Gasteiger partial charge on any atom is -0.365 e. The average molecular weight is 411 g/mol. The quantitative estimate of drug-likeness (QED) is 0.624. The highest BCUT2D eigenvalue weighted by Crippen LogP contribution is 2.34. The van der Waals surface area contributed by atoms with Gasteiger partial charge in [-0.3, -0.25) is 9.59 Å². The molecule has 5 nitrogen and oxygen atoms in total. The van der Waals surface area contributed by atoms with Crippen LogP contribution in [-0.4, -0.2) is 49.4 Å². The van der Waals surface area contributed by atoms with Crippen molar-refractivity contribution in [3.05, 3.63) is 70.4 Å². The highest BCUT2D eigenvalue weighted by Gasteiger charge is 2.37. The monoisotopic (exact) mass is 410 g/mol. The van der Waals surface area contributed by atoms with Crippen LogP contribution in [0.5, 0.6) is 0 Å². The molecule has 0 radical (unpaired) electrons. The van der Waals surface area contributed by atoms with Crippen LogP contribution in [0, 0.1) is 6.92 Å². The molecular formula is C23H25ClN3O2+. The van der Waals surface area contributed by atoms with Crippen molar-refractivity contribution >= 4 is 34.7 Å². The second-order valence-electron chi connectivity index (χ2n) is 7.60. The molecule has 0 unspecified atom stereocenters. The van der Waals surface area contributed by atoms with Gasteiger partial charge in [-0.05, 0) is 37.6 Å². The Morgan fingerprint density at radius 1 is 1.03 bits per heavy atom. The lowest BCUT2D eigenvalue weighted by Gasteiger charge is -2.33. The Morgan fingerprint density at radius 3 is 2.41 bits per heavy atom. The van der Waals surface area contributed by atoms with Crippen LogP contribution in [0.15, 0.2) is 48.7 Å². The predicted octanol–water partition coefficient (Wildman–Crippen LogP) is 2.40. The number of benzene rings is 2. The molecule has 2 aliphatic rings. The van der Waals surface area contributed by atoms with Crippen LogP contribution in [-0.2, 0) is 4.79 Å². The maximum absolute atomic E-state index is 13.5. The summed E-state index contributed by atoms with van der Waals surface area (Å²) in [5.41, 5.74) is 3.15. The van der Waals surface area contributed by atoms with Crippen molar-refractivity contribution in [3.63, 3.8) is 0 Å². The first-order valence-corrected chi connectivity index (χ1v) is 10.4. The van der Waals surface area contributed by atoms with E-state index in [1.54, 1.807) is 23.1 Å². The lowest BCUT2D eigenvalue weighted by molar-refractivity contribution is -0.902. The number of piperazine rings is 1. The van der Waals surface area contributed by atoms with Crippen LogP contribution < -0.4 is 9.80 Å². The number of carbonyl (C=O) groups is 2. The first kappa shape index (κ1) is 19.7. The average Bonchev–Trinajstić information content (AvgIpc) is 2.74. The van der Waals surface area contributed by atoms with Crippen LogP contribution in [0.2, 0.25) is 5.02 Å². The van der Waals surface area contributed by atoms with Crippen LogP contribution in [0.3, 0.4) is 0 Å². The number of nitrogens with zero attached hydrogens (tertiary/aromatic N) is 2. The van der Waals surface area contributed by atoms with E-state index in [1.807, 2.05) is 37.4 Å². The summed E-state index contributed by atoms with van der Waals surface area (Å²) < 4.78 is 0. The number of likely N-dealkylation sites (N-methyl/N-ethyl adjacent to an activating group) is 1. The summed E-state index contributed by atoms with van der Waals surface area (Å²) in [5, 5.41) is 0.495. The van der Waals surface area contributed by atoms with E-state index >= 15 is 0 Å². The van der Waals surface area contributed by atoms with Crippen LogP contribution in [0.4, 0.5) is 5.69 Å². The SMILES string of the molecule is CC[NH+]1CCN(C=C2C(=O)N(c3cc(Cl)ccc3C)C(=O)c3ccccc32)CC1. The molecule has 0 atom stereocenters.